The zero-order valence-electron chi connectivity index (χ0n) is 12.5. The molecule has 116 valence electrons. The first-order valence-corrected chi connectivity index (χ1v) is 7.09. The van der Waals surface area contributed by atoms with Gasteiger partial charge in [-0.3, -0.25) is 4.68 Å². The number of rotatable bonds is 6. The second-order valence-electron chi connectivity index (χ2n) is 5.15. The fourth-order valence-corrected chi connectivity index (χ4v) is 2.24. The van der Waals surface area contributed by atoms with Crippen molar-refractivity contribution >= 4 is 12.4 Å². The maximum Gasteiger partial charge on any atom is 0.0991 e. The van der Waals surface area contributed by atoms with Crippen LogP contribution in [0.25, 0.3) is 5.69 Å². The van der Waals surface area contributed by atoms with Gasteiger partial charge in [-0.15, -0.1) is 12.4 Å². The third-order valence-corrected chi connectivity index (χ3v) is 3.41. The van der Waals surface area contributed by atoms with E-state index in [0.717, 1.165) is 18.8 Å². The molecule has 0 fully saturated rings. The van der Waals surface area contributed by atoms with Crippen molar-refractivity contribution in [2.45, 2.75) is 26.1 Å². The van der Waals surface area contributed by atoms with Crippen molar-refractivity contribution in [3.05, 3.63) is 67.0 Å². The summed E-state index contributed by atoms with van der Waals surface area (Å²) in [5.41, 5.74) is 2.40. The molecule has 1 atom stereocenters. The minimum Gasteiger partial charge on any atom is -0.308 e. The van der Waals surface area contributed by atoms with Crippen molar-refractivity contribution in [2.75, 3.05) is 0 Å². The molecule has 1 unspecified atom stereocenters. The molecule has 0 aliphatic heterocycles. The lowest BCUT2D eigenvalue weighted by Crippen LogP contribution is -2.30. The molecule has 2 aromatic heterocycles. The summed E-state index contributed by atoms with van der Waals surface area (Å²) in [4.78, 5) is 4.06. The Morgan fingerprint density at radius 3 is 2.59 bits per heavy atom. The van der Waals surface area contributed by atoms with Crippen LogP contribution in [0.5, 0.6) is 0 Å². The Morgan fingerprint density at radius 2 is 1.95 bits per heavy atom. The van der Waals surface area contributed by atoms with E-state index in [1.165, 1.54) is 5.56 Å². The predicted molar refractivity (Wildman–Crippen MR) is 89.3 cm³/mol. The first-order valence-electron chi connectivity index (χ1n) is 7.09. The lowest BCUT2D eigenvalue weighted by atomic mass is 10.2. The summed E-state index contributed by atoms with van der Waals surface area (Å²) in [7, 11) is 0. The van der Waals surface area contributed by atoms with Crippen molar-refractivity contribution in [3.8, 4) is 5.69 Å². The van der Waals surface area contributed by atoms with Gasteiger partial charge in [-0.05, 0) is 30.7 Å². The zero-order valence-corrected chi connectivity index (χ0v) is 13.3. The standard InChI is InChI=1S/C16H19N5.ClH/c1-14(12-21-9-2-7-19-21)18-11-15-3-5-16(6-4-15)20-10-8-17-13-20;/h2-10,13-14,18H,11-12H2,1H3;1H. The van der Waals surface area contributed by atoms with Gasteiger partial charge >= 0.3 is 0 Å². The highest BCUT2D eigenvalue weighted by Crippen LogP contribution is 2.09. The van der Waals surface area contributed by atoms with Crippen LogP contribution in [0.4, 0.5) is 0 Å². The average molecular weight is 318 g/mol. The van der Waals surface area contributed by atoms with Gasteiger partial charge in [0.1, 0.15) is 0 Å². The summed E-state index contributed by atoms with van der Waals surface area (Å²) in [5.74, 6) is 0. The van der Waals surface area contributed by atoms with E-state index in [2.05, 4.69) is 46.6 Å². The Bertz CT molecular complexity index is 646. The van der Waals surface area contributed by atoms with E-state index in [-0.39, 0.29) is 12.4 Å². The van der Waals surface area contributed by atoms with E-state index in [1.54, 1.807) is 12.5 Å². The SMILES string of the molecule is CC(Cn1cccn1)NCc1ccc(-n2ccnc2)cc1.Cl. The van der Waals surface area contributed by atoms with Gasteiger partial charge in [0.25, 0.3) is 0 Å². The van der Waals surface area contributed by atoms with Gasteiger partial charge in [-0.2, -0.15) is 5.10 Å². The Labute approximate surface area is 136 Å². The molecule has 1 aromatic carbocycles. The number of aromatic nitrogens is 4. The number of hydrogen-bond acceptors (Lipinski definition) is 3. The molecule has 0 aliphatic rings. The van der Waals surface area contributed by atoms with Crippen molar-refractivity contribution in [3.63, 3.8) is 0 Å². The fourth-order valence-electron chi connectivity index (χ4n) is 2.24. The molecule has 2 heterocycles. The molecule has 5 nitrogen and oxygen atoms in total. The monoisotopic (exact) mass is 317 g/mol. The van der Waals surface area contributed by atoms with Crippen LogP contribution in [0, 0.1) is 0 Å². The van der Waals surface area contributed by atoms with E-state index in [9.17, 15) is 0 Å². The topological polar surface area (TPSA) is 47.7 Å². The van der Waals surface area contributed by atoms with Gasteiger partial charge in [-0.1, -0.05) is 12.1 Å². The maximum atomic E-state index is 4.22. The van der Waals surface area contributed by atoms with Crippen LogP contribution in [-0.4, -0.2) is 25.4 Å². The van der Waals surface area contributed by atoms with Gasteiger partial charge in [0, 0.05) is 43.1 Å². The highest BCUT2D eigenvalue weighted by Gasteiger charge is 2.03. The Kier molecular flexibility index (Phi) is 5.75. The van der Waals surface area contributed by atoms with Crippen LogP contribution in [-0.2, 0) is 13.1 Å². The molecular weight excluding hydrogens is 298 g/mol. The van der Waals surface area contributed by atoms with Crippen LogP contribution >= 0.6 is 12.4 Å². The molecule has 0 bridgehead atoms. The molecule has 0 spiro atoms. The van der Waals surface area contributed by atoms with Crippen LogP contribution in [0.3, 0.4) is 0 Å². The second kappa shape index (κ2) is 7.77. The highest BCUT2D eigenvalue weighted by atomic mass is 35.5. The molecule has 0 amide bonds. The van der Waals surface area contributed by atoms with Crippen LogP contribution < -0.4 is 5.32 Å². The number of nitrogens with zero attached hydrogens (tertiary/aromatic N) is 4. The molecule has 1 N–H and O–H groups in total. The Balaban J connectivity index is 0.00000176. The third-order valence-electron chi connectivity index (χ3n) is 3.41. The smallest absolute Gasteiger partial charge is 0.0991 e. The van der Waals surface area contributed by atoms with Crippen molar-refractivity contribution in [1.29, 1.82) is 0 Å². The van der Waals surface area contributed by atoms with E-state index in [0.29, 0.717) is 6.04 Å². The normalized spacial score (nSPS) is 11.9. The fraction of sp³-hybridized carbons (Fsp3) is 0.250. The van der Waals surface area contributed by atoms with Gasteiger partial charge < -0.3 is 9.88 Å². The van der Waals surface area contributed by atoms with Crippen LogP contribution in [0.2, 0.25) is 0 Å². The first-order chi connectivity index (χ1) is 10.3. The third kappa shape index (κ3) is 4.19. The molecular formula is C16H20ClN5. The van der Waals surface area contributed by atoms with Crippen molar-refractivity contribution in [2.24, 2.45) is 0 Å². The maximum absolute atomic E-state index is 4.22. The van der Waals surface area contributed by atoms with Gasteiger partial charge in [0.05, 0.1) is 12.9 Å². The summed E-state index contributed by atoms with van der Waals surface area (Å²) in [6, 6.07) is 10.8. The van der Waals surface area contributed by atoms with E-state index < -0.39 is 0 Å². The number of nitrogens with one attached hydrogen (secondary N) is 1. The van der Waals surface area contributed by atoms with E-state index in [1.807, 2.05) is 33.9 Å². The van der Waals surface area contributed by atoms with E-state index >= 15 is 0 Å². The van der Waals surface area contributed by atoms with Gasteiger partial charge in [-0.25, -0.2) is 4.98 Å². The second-order valence-corrected chi connectivity index (χ2v) is 5.15. The Morgan fingerprint density at radius 1 is 1.14 bits per heavy atom. The minimum atomic E-state index is 0. The molecule has 22 heavy (non-hydrogen) atoms. The summed E-state index contributed by atoms with van der Waals surface area (Å²) >= 11 is 0. The molecule has 0 saturated heterocycles. The number of halogens is 1. The van der Waals surface area contributed by atoms with Crippen LogP contribution in [0.1, 0.15) is 12.5 Å². The quantitative estimate of drug-likeness (QED) is 0.760. The highest BCUT2D eigenvalue weighted by molar-refractivity contribution is 5.85. The number of hydrogen-bond donors (Lipinski definition) is 1. The van der Waals surface area contributed by atoms with Crippen molar-refractivity contribution in [1.82, 2.24) is 24.6 Å². The number of benzene rings is 1. The summed E-state index contributed by atoms with van der Waals surface area (Å²) in [6.45, 7) is 3.90. The lowest BCUT2D eigenvalue weighted by molar-refractivity contribution is 0.451. The van der Waals surface area contributed by atoms with E-state index in [4.69, 9.17) is 0 Å². The molecule has 0 saturated carbocycles. The zero-order chi connectivity index (χ0) is 14.5. The molecule has 0 aliphatic carbocycles. The molecule has 3 aromatic rings. The molecule has 6 heteroatoms. The largest absolute Gasteiger partial charge is 0.308 e. The van der Waals surface area contributed by atoms with Crippen LogP contribution in [0.15, 0.2) is 61.4 Å². The van der Waals surface area contributed by atoms with Gasteiger partial charge in [0.15, 0.2) is 0 Å². The molecule has 3 rings (SSSR count). The summed E-state index contributed by atoms with van der Waals surface area (Å²) in [5, 5.41) is 7.73. The van der Waals surface area contributed by atoms with Gasteiger partial charge in [0.2, 0.25) is 0 Å². The lowest BCUT2D eigenvalue weighted by Gasteiger charge is -2.14. The number of imidazole rings is 1. The average Bonchev–Trinajstić information content (AvgIpc) is 3.19. The predicted octanol–water partition coefficient (Wildman–Crippen LogP) is 2.67. The summed E-state index contributed by atoms with van der Waals surface area (Å²) in [6.07, 6.45) is 9.32. The molecule has 0 radical (unpaired) electrons. The van der Waals surface area contributed by atoms with Crippen molar-refractivity contribution < 1.29 is 0 Å². The summed E-state index contributed by atoms with van der Waals surface area (Å²) < 4.78 is 3.94. The Hall–Kier alpha value is -2.11. The first kappa shape index (κ1) is 16.3. The minimum absolute atomic E-state index is 0.